The molecule has 2 rings (SSSR count). The van der Waals surface area contributed by atoms with Crippen molar-refractivity contribution in [3.05, 3.63) is 65.5 Å². The summed E-state index contributed by atoms with van der Waals surface area (Å²) in [7, 11) is 1.90. The van der Waals surface area contributed by atoms with E-state index in [0.717, 1.165) is 23.2 Å². The summed E-state index contributed by atoms with van der Waals surface area (Å²) >= 11 is 0. The molecule has 0 bridgehead atoms. The molecule has 0 radical (unpaired) electrons. The van der Waals surface area contributed by atoms with Gasteiger partial charge in [0.15, 0.2) is 0 Å². The van der Waals surface area contributed by atoms with E-state index in [4.69, 9.17) is 5.73 Å². The van der Waals surface area contributed by atoms with Gasteiger partial charge in [-0.2, -0.15) is 0 Å². The Hall–Kier alpha value is -1.87. The van der Waals surface area contributed by atoms with Crippen molar-refractivity contribution in [2.75, 3.05) is 12.8 Å². The molecule has 0 saturated carbocycles. The van der Waals surface area contributed by atoms with Crippen LogP contribution in [0.3, 0.4) is 0 Å². The van der Waals surface area contributed by atoms with E-state index in [9.17, 15) is 4.39 Å². The molecule has 0 aliphatic heterocycles. The zero-order chi connectivity index (χ0) is 13.0. The Bertz CT molecular complexity index is 508. The molecule has 0 aromatic heterocycles. The Labute approximate surface area is 107 Å². The summed E-state index contributed by atoms with van der Waals surface area (Å²) in [5.41, 5.74) is 8.89. The minimum absolute atomic E-state index is 0.135. The van der Waals surface area contributed by atoms with E-state index in [1.807, 2.05) is 31.3 Å². The molecule has 3 heteroatoms. The number of nitrogen functional groups attached to an aromatic ring is 1. The molecule has 2 nitrogen and oxygen atoms in total. The second-order valence-electron chi connectivity index (χ2n) is 4.30. The fraction of sp³-hybridized carbons (Fsp3) is 0.200. The average molecular weight is 244 g/mol. The van der Waals surface area contributed by atoms with Crippen molar-refractivity contribution >= 4 is 5.69 Å². The molecule has 0 fully saturated rings. The van der Waals surface area contributed by atoms with E-state index in [0.29, 0.717) is 0 Å². The van der Waals surface area contributed by atoms with Crippen molar-refractivity contribution in [3.8, 4) is 0 Å². The molecule has 2 aromatic carbocycles. The lowest BCUT2D eigenvalue weighted by molar-refractivity contribution is 0.586. The number of nitrogens with two attached hydrogens (primary N) is 1. The standard InChI is InChI=1S/C15H17FN2/c1-18-15(11-6-8-13(16)9-7-11)10-12-4-2-3-5-14(12)17/h2-9,15,18H,10,17H2,1H3/t15-/m0/s1. The summed E-state index contributed by atoms with van der Waals surface area (Å²) in [6.45, 7) is 0. The Morgan fingerprint density at radius 1 is 1.11 bits per heavy atom. The minimum atomic E-state index is -0.215. The van der Waals surface area contributed by atoms with Gasteiger partial charge in [0.1, 0.15) is 5.82 Å². The molecule has 0 aliphatic rings. The van der Waals surface area contributed by atoms with Gasteiger partial charge in [-0.1, -0.05) is 30.3 Å². The van der Waals surface area contributed by atoms with Gasteiger partial charge in [-0.15, -0.1) is 0 Å². The smallest absolute Gasteiger partial charge is 0.123 e. The third-order valence-corrected chi connectivity index (χ3v) is 3.10. The van der Waals surface area contributed by atoms with Crippen LogP contribution in [0.15, 0.2) is 48.5 Å². The molecule has 94 valence electrons. The lowest BCUT2D eigenvalue weighted by atomic mass is 9.98. The first-order valence-electron chi connectivity index (χ1n) is 5.97. The molecule has 0 heterocycles. The van der Waals surface area contributed by atoms with Crippen LogP contribution in [0.2, 0.25) is 0 Å². The van der Waals surface area contributed by atoms with Crippen LogP contribution in [0, 0.1) is 5.82 Å². The first kappa shape index (κ1) is 12.6. The number of likely N-dealkylation sites (N-methyl/N-ethyl adjacent to an activating group) is 1. The normalized spacial score (nSPS) is 12.3. The molecule has 2 aromatic rings. The van der Waals surface area contributed by atoms with Crippen LogP contribution in [-0.2, 0) is 6.42 Å². The number of anilines is 1. The van der Waals surface area contributed by atoms with E-state index >= 15 is 0 Å². The molecule has 18 heavy (non-hydrogen) atoms. The van der Waals surface area contributed by atoms with E-state index in [1.54, 1.807) is 12.1 Å². The van der Waals surface area contributed by atoms with E-state index in [1.165, 1.54) is 12.1 Å². The lowest BCUT2D eigenvalue weighted by Crippen LogP contribution is -2.19. The van der Waals surface area contributed by atoms with Crippen LogP contribution in [0.4, 0.5) is 10.1 Å². The summed E-state index contributed by atoms with van der Waals surface area (Å²) < 4.78 is 12.9. The number of benzene rings is 2. The van der Waals surface area contributed by atoms with Gasteiger partial charge in [-0.25, -0.2) is 4.39 Å². The highest BCUT2D eigenvalue weighted by molar-refractivity contribution is 5.47. The van der Waals surface area contributed by atoms with Crippen LogP contribution in [-0.4, -0.2) is 7.05 Å². The maximum atomic E-state index is 12.9. The molecule has 0 amide bonds. The quantitative estimate of drug-likeness (QED) is 0.812. The highest BCUT2D eigenvalue weighted by Gasteiger charge is 2.11. The van der Waals surface area contributed by atoms with Crippen molar-refractivity contribution < 1.29 is 4.39 Å². The van der Waals surface area contributed by atoms with E-state index < -0.39 is 0 Å². The molecular weight excluding hydrogens is 227 g/mol. The van der Waals surface area contributed by atoms with E-state index in [-0.39, 0.29) is 11.9 Å². The maximum Gasteiger partial charge on any atom is 0.123 e. The van der Waals surface area contributed by atoms with Gasteiger partial charge in [0, 0.05) is 11.7 Å². The number of para-hydroxylation sites is 1. The van der Waals surface area contributed by atoms with Gasteiger partial charge >= 0.3 is 0 Å². The summed E-state index contributed by atoms with van der Waals surface area (Å²) in [4.78, 5) is 0. The number of hydrogen-bond acceptors (Lipinski definition) is 2. The third kappa shape index (κ3) is 2.87. The molecule has 0 unspecified atom stereocenters. The zero-order valence-electron chi connectivity index (χ0n) is 10.4. The largest absolute Gasteiger partial charge is 0.399 e. The number of nitrogens with one attached hydrogen (secondary N) is 1. The summed E-state index contributed by atoms with van der Waals surface area (Å²) in [6, 6.07) is 14.5. The highest BCUT2D eigenvalue weighted by Crippen LogP contribution is 2.21. The van der Waals surface area contributed by atoms with Crippen LogP contribution in [0.5, 0.6) is 0 Å². The number of rotatable bonds is 4. The van der Waals surface area contributed by atoms with E-state index in [2.05, 4.69) is 5.32 Å². The van der Waals surface area contributed by atoms with Crippen LogP contribution in [0.25, 0.3) is 0 Å². The second-order valence-corrected chi connectivity index (χ2v) is 4.30. The average Bonchev–Trinajstić information content (AvgIpc) is 2.39. The van der Waals surface area contributed by atoms with Gasteiger partial charge in [0.2, 0.25) is 0 Å². The fourth-order valence-corrected chi connectivity index (χ4v) is 2.02. The fourth-order valence-electron chi connectivity index (χ4n) is 2.02. The monoisotopic (exact) mass is 244 g/mol. The molecule has 0 saturated heterocycles. The minimum Gasteiger partial charge on any atom is -0.399 e. The topological polar surface area (TPSA) is 38.0 Å². The first-order valence-corrected chi connectivity index (χ1v) is 5.97. The summed E-state index contributed by atoms with van der Waals surface area (Å²) in [5.74, 6) is -0.215. The highest BCUT2D eigenvalue weighted by atomic mass is 19.1. The Balaban J connectivity index is 2.20. The first-order chi connectivity index (χ1) is 8.70. The number of halogens is 1. The van der Waals surface area contributed by atoms with Gasteiger partial charge in [0.05, 0.1) is 0 Å². The van der Waals surface area contributed by atoms with Gasteiger partial charge in [-0.05, 0) is 42.8 Å². The lowest BCUT2D eigenvalue weighted by Gasteiger charge is -2.17. The predicted octanol–water partition coefficient (Wildman–Crippen LogP) is 2.91. The Morgan fingerprint density at radius 2 is 1.78 bits per heavy atom. The molecular formula is C15H17FN2. The van der Waals surface area contributed by atoms with Gasteiger partial charge in [-0.3, -0.25) is 0 Å². The predicted molar refractivity (Wildman–Crippen MR) is 72.8 cm³/mol. The SMILES string of the molecule is CN[C@@H](Cc1ccccc1N)c1ccc(F)cc1. The van der Waals surface area contributed by atoms with Crippen molar-refractivity contribution in [1.82, 2.24) is 5.32 Å². The second kappa shape index (κ2) is 5.65. The van der Waals surface area contributed by atoms with Crippen molar-refractivity contribution in [3.63, 3.8) is 0 Å². The Morgan fingerprint density at radius 3 is 2.39 bits per heavy atom. The van der Waals surface area contributed by atoms with Crippen molar-refractivity contribution in [1.29, 1.82) is 0 Å². The summed E-state index contributed by atoms with van der Waals surface area (Å²) in [6.07, 6.45) is 0.787. The van der Waals surface area contributed by atoms with Gasteiger partial charge in [0.25, 0.3) is 0 Å². The molecule has 1 atom stereocenters. The third-order valence-electron chi connectivity index (χ3n) is 3.10. The molecule has 0 spiro atoms. The zero-order valence-corrected chi connectivity index (χ0v) is 10.4. The van der Waals surface area contributed by atoms with Crippen molar-refractivity contribution in [2.24, 2.45) is 0 Å². The maximum absolute atomic E-state index is 12.9. The van der Waals surface area contributed by atoms with Gasteiger partial charge < -0.3 is 11.1 Å². The van der Waals surface area contributed by atoms with Crippen LogP contribution >= 0.6 is 0 Å². The van der Waals surface area contributed by atoms with Crippen LogP contribution < -0.4 is 11.1 Å². The molecule has 0 aliphatic carbocycles. The summed E-state index contributed by atoms with van der Waals surface area (Å²) in [5, 5.41) is 3.24. The molecule has 3 N–H and O–H groups in total. The van der Waals surface area contributed by atoms with Crippen molar-refractivity contribution in [2.45, 2.75) is 12.5 Å². The Kier molecular flexibility index (Phi) is 3.95. The van der Waals surface area contributed by atoms with Crippen LogP contribution in [0.1, 0.15) is 17.2 Å². The number of hydrogen-bond donors (Lipinski definition) is 2.